The van der Waals surface area contributed by atoms with E-state index in [4.69, 9.17) is 14.2 Å². The number of methoxy groups -OCH3 is 1. The Balaban J connectivity index is 1.82. The van der Waals surface area contributed by atoms with E-state index < -0.39 is 0 Å². The summed E-state index contributed by atoms with van der Waals surface area (Å²) < 4.78 is 16.8. The van der Waals surface area contributed by atoms with Crippen LogP contribution in [0.1, 0.15) is 61.1 Å². The summed E-state index contributed by atoms with van der Waals surface area (Å²) in [7, 11) is 1.62. The highest BCUT2D eigenvalue weighted by Gasteiger charge is 2.31. The fourth-order valence-corrected chi connectivity index (χ4v) is 3.63. The molecule has 1 aliphatic heterocycles. The number of amides is 1. The lowest BCUT2D eigenvalue weighted by Crippen LogP contribution is -2.32. The SMILES string of the molecule is CCOc1ccc(CN(CC)C(=O)c2n[nH]c3c2C[C@H](C)O[C@@H]3C)cc1OC. The van der Waals surface area contributed by atoms with E-state index in [9.17, 15) is 4.79 Å². The number of aromatic amines is 1. The van der Waals surface area contributed by atoms with Crippen LogP contribution in [-0.2, 0) is 17.7 Å². The van der Waals surface area contributed by atoms with E-state index in [2.05, 4.69) is 10.2 Å². The van der Waals surface area contributed by atoms with Crippen LogP contribution in [0, 0.1) is 0 Å². The second-order valence-electron chi connectivity index (χ2n) is 7.00. The molecule has 0 spiro atoms. The first-order chi connectivity index (χ1) is 13.5. The van der Waals surface area contributed by atoms with Gasteiger partial charge in [0.05, 0.1) is 31.6 Å². The zero-order chi connectivity index (χ0) is 20.3. The number of carbonyl (C=O) groups is 1. The molecule has 152 valence electrons. The Hall–Kier alpha value is -2.54. The van der Waals surface area contributed by atoms with Crippen molar-refractivity contribution >= 4 is 5.91 Å². The molecule has 1 amide bonds. The van der Waals surface area contributed by atoms with Crippen molar-refractivity contribution < 1.29 is 19.0 Å². The Bertz CT molecular complexity index is 833. The highest BCUT2D eigenvalue weighted by atomic mass is 16.5. The molecule has 0 fully saturated rings. The molecule has 0 saturated heterocycles. The van der Waals surface area contributed by atoms with Gasteiger partial charge in [0, 0.05) is 25.1 Å². The molecule has 7 nitrogen and oxygen atoms in total. The molecule has 3 rings (SSSR count). The Morgan fingerprint density at radius 1 is 1.32 bits per heavy atom. The number of H-pyrrole nitrogens is 1. The summed E-state index contributed by atoms with van der Waals surface area (Å²) in [6.45, 7) is 9.52. The number of carbonyl (C=O) groups excluding carboxylic acids is 1. The van der Waals surface area contributed by atoms with Gasteiger partial charge >= 0.3 is 0 Å². The van der Waals surface area contributed by atoms with E-state index >= 15 is 0 Å². The molecule has 0 radical (unpaired) electrons. The van der Waals surface area contributed by atoms with E-state index in [-0.39, 0.29) is 18.1 Å². The minimum absolute atomic E-state index is 0.0668. The second kappa shape index (κ2) is 8.65. The van der Waals surface area contributed by atoms with Gasteiger partial charge in [-0.15, -0.1) is 0 Å². The van der Waals surface area contributed by atoms with Crippen molar-refractivity contribution in [3.05, 3.63) is 40.7 Å². The minimum atomic E-state index is -0.0850. The molecule has 0 bridgehead atoms. The van der Waals surface area contributed by atoms with Crippen LogP contribution in [0.3, 0.4) is 0 Å². The van der Waals surface area contributed by atoms with Crippen LogP contribution in [0.25, 0.3) is 0 Å². The number of rotatable bonds is 7. The van der Waals surface area contributed by atoms with Crippen LogP contribution < -0.4 is 9.47 Å². The molecule has 2 atom stereocenters. The summed E-state index contributed by atoms with van der Waals surface area (Å²) in [5.74, 6) is 1.29. The highest BCUT2D eigenvalue weighted by Crippen LogP contribution is 2.31. The number of aromatic nitrogens is 2. The third-order valence-electron chi connectivity index (χ3n) is 5.01. The lowest BCUT2D eigenvalue weighted by molar-refractivity contribution is -0.00702. The maximum atomic E-state index is 13.2. The molecule has 1 aliphatic rings. The fourth-order valence-electron chi connectivity index (χ4n) is 3.63. The molecule has 1 N–H and O–H groups in total. The summed E-state index contributed by atoms with van der Waals surface area (Å²) >= 11 is 0. The van der Waals surface area contributed by atoms with Gasteiger partial charge in [-0.1, -0.05) is 6.07 Å². The summed E-state index contributed by atoms with van der Waals surface area (Å²) in [6.07, 6.45) is 0.668. The van der Waals surface area contributed by atoms with Crippen molar-refractivity contribution in [2.45, 2.75) is 52.9 Å². The van der Waals surface area contributed by atoms with Crippen LogP contribution in [0.4, 0.5) is 0 Å². The van der Waals surface area contributed by atoms with Crippen molar-refractivity contribution in [2.24, 2.45) is 0 Å². The fraction of sp³-hybridized carbons (Fsp3) is 0.524. The second-order valence-corrected chi connectivity index (χ2v) is 7.00. The molecule has 1 aromatic heterocycles. The summed E-state index contributed by atoms with van der Waals surface area (Å²) in [5.41, 5.74) is 3.35. The van der Waals surface area contributed by atoms with Crippen LogP contribution >= 0.6 is 0 Å². The number of hydrogen-bond acceptors (Lipinski definition) is 5. The van der Waals surface area contributed by atoms with Gasteiger partial charge in [-0.05, 0) is 45.4 Å². The van der Waals surface area contributed by atoms with Gasteiger partial charge < -0.3 is 19.1 Å². The molecule has 2 heterocycles. The van der Waals surface area contributed by atoms with E-state index in [1.807, 2.05) is 45.9 Å². The number of nitrogens with zero attached hydrogens (tertiary/aromatic N) is 2. The summed E-state index contributed by atoms with van der Waals surface area (Å²) in [6, 6.07) is 5.76. The predicted octanol–water partition coefficient (Wildman–Crippen LogP) is 3.50. The zero-order valence-corrected chi connectivity index (χ0v) is 17.2. The quantitative estimate of drug-likeness (QED) is 0.787. The average molecular weight is 387 g/mol. The predicted molar refractivity (Wildman–Crippen MR) is 106 cm³/mol. The van der Waals surface area contributed by atoms with E-state index in [1.54, 1.807) is 12.0 Å². The van der Waals surface area contributed by atoms with Crippen molar-refractivity contribution in [3.63, 3.8) is 0 Å². The smallest absolute Gasteiger partial charge is 0.274 e. The molecule has 0 saturated carbocycles. The Labute approximate surface area is 166 Å². The van der Waals surface area contributed by atoms with Gasteiger partial charge in [0.2, 0.25) is 0 Å². The molecule has 7 heteroatoms. The Morgan fingerprint density at radius 3 is 2.79 bits per heavy atom. The number of ether oxygens (including phenoxy) is 3. The lowest BCUT2D eigenvalue weighted by Gasteiger charge is -2.26. The largest absolute Gasteiger partial charge is 0.493 e. The number of fused-ring (bicyclic) bond motifs is 1. The molecule has 0 unspecified atom stereocenters. The van der Waals surface area contributed by atoms with Crippen LogP contribution in [0.5, 0.6) is 11.5 Å². The van der Waals surface area contributed by atoms with Gasteiger partial charge in [0.25, 0.3) is 5.91 Å². The Kier molecular flexibility index (Phi) is 6.24. The van der Waals surface area contributed by atoms with Crippen LogP contribution in [-0.4, -0.2) is 47.4 Å². The van der Waals surface area contributed by atoms with E-state index in [1.165, 1.54) is 0 Å². The van der Waals surface area contributed by atoms with Crippen molar-refractivity contribution in [1.29, 1.82) is 0 Å². The molecule has 1 aromatic carbocycles. The Morgan fingerprint density at radius 2 is 2.11 bits per heavy atom. The number of nitrogens with one attached hydrogen (secondary N) is 1. The summed E-state index contributed by atoms with van der Waals surface area (Å²) in [4.78, 5) is 15.0. The van der Waals surface area contributed by atoms with E-state index in [0.29, 0.717) is 43.3 Å². The first-order valence-corrected chi connectivity index (χ1v) is 9.79. The standard InChI is InChI=1S/C21H29N3O4/c1-6-24(12-15-8-9-17(27-7-2)18(11-15)26-5)21(25)20-16-10-13(3)28-14(4)19(16)22-23-20/h8-9,11,13-14H,6-7,10,12H2,1-5H3,(H,22,23)/t13-,14+/m0/s1. The average Bonchev–Trinajstić information content (AvgIpc) is 3.10. The normalized spacial score (nSPS) is 18.5. The number of benzene rings is 1. The zero-order valence-electron chi connectivity index (χ0n) is 17.2. The highest BCUT2D eigenvalue weighted by molar-refractivity contribution is 5.94. The molecule has 2 aromatic rings. The van der Waals surface area contributed by atoms with Crippen molar-refractivity contribution in [1.82, 2.24) is 15.1 Å². The van der Waals surface area contributed by atoms with Gasteiger partial charge in [-0.3, -0.25) is 9.89 Å². The topological polar surface area (TPSA) is 76.7 Å². The van der Waals surface area contributed by atoms with Crippen LogP contribution in [0.2, 0.25) is 0 Å². The molecular weight excluding hydrogens is 358 g/mol. The van der Waals surface area contributed by atoms with E-state index in [0.717, 1.165) is 16.8 Å². The van der Waals surface area contributed by atoms with Gasteiger partial charge in [-0.25, -0.2) is 0 Å². The minimum Gasteiger partial charge on any atom is -0.493 e. The van der Waals surface area contributed by atoms with Gasteiger partial charge in [0.15, 0.2) is 17.2 Å². The monoisotopic (exact) mass is 387 g/mol. The van der Waals surface area contributed by atoms with Crippen molar-refractivity contribution in [2.75, 3.05) is 20.3 Å². The molecule has 0 aliphatic carbocycles. The number of hydrogen-bond donors (Lipinski definition) is 1. The first-order valence-electron chi connectivity index (χ1n) is 9.79. The van der Waals surface area contributed by atoms with Gasteiger partial charge in [-0.2, -0.15) is 5.10 Å². The maximum Gasteiger partial charge on any atom is 0.274 e. The lowest BCUT2D eigenvalue weighted by atomic mass is 9.99. The first kappa shape index (κ1) is 20.2. The maximum absolute atomic E-state index is 13.2. The third kappa shape index (κ3) is 3.99. The third-order valence-corrected chi connectivity index (χ3v) is 5.01. The van der Waals surface area contributed by atoms with Crippen LogP contribution in [0.15, 0.2) is 18.2 Å². The summed E-state index contributed by atoms with van der Waals surface area (Å²) in [5, 5.41) is 7.33. The molecule has 28 heavy (non-hydrogen) atoms. The molecular formula is C21H29N3O4. The van der Waals surface area contributed by atoms with Gasteiger partial charge in [0.1, 0.15) is 0 Å². The van der Waals surface area contributed by atoms with Crippen molar-refractivity contribution in [3.8, 4) is 11.5 Å².